The van der Waals surface area contributed by atoms with Crippen LogP contribution in [-0.4, -0.2) is 5.11 Å². The molecule has 1 nitrogen and oxygen atoms in total. The summed E-state index contributed by atoms with van der Waals surface area (Å²) in [5, 5.41) is 10.1. The third kappa shape index (κ3) is 2.46. The van der Waals surface area contributed by atoms with Gasteiger partial charge in [0.15, 0.2) is 0 Å². The zero-order valence-corrected chi connectivity index (χ0v) is 9.68. The molecular formula is C13H11BrO. The van der Waals surface area contributed by atoms with E-state index in [4.69, 9.17) is 0 Å². The molecule has 0 spiro atoms. The Morgan fingerprint density at radius 2 is 1.33 bits per heavy atom. The summed E-state index contributed by atoms with van der Waals surface area (Å²) in [6.45, 7) is 0. The van der Waals surface area contributed by atoms with Crippen LogP contribution in [0.2, 0.25) is 0 Å². The zero-order valence-electron chi connectivity index (χ0n) is 8.10. The van der Waals surface area contributed by atoms with Crippen LogP contribution < -0.4 is 0 Å². The summed E-state index contributed by atoms with van der Waals surface area (Å²) in [4.78, 5) is 0. The molecule has 0 unspecified atom stereocenters. The molecule has 0 aliphatic heterocycles. The predicted octanol–water partition coefficient (Wildman–Crippen LogP) is 3.53. The third-order valence-corrected chi connectivity index (χ3v) is 2.83. The third-order valence-electron chi connectivity index (χ3n) is 2.30. The van der Waals surface area contributed by atoms with Crippen molar-refractivity contribution < 1.29 is 5.11 Å². The molecule has 2 aromatic rings. The fourth-order valence-corrected chi connectivity index (χ4v) is 1.74. The summed E-state index contributed by atoms with van der Waals surface area (Å²) in [5.41, 5.74) is 1.82. The van der Waals surface area contributed by atoms with Crippen molar-refractivity contribution in [1.82, 2.24) is 0 Å². The van der Waals surface area contributed by atoms with Gasteiger partial charge in [0.25, 0.3) is 0 Å². The number of benzene rings is 2. The van der Waals surface area contributed by atoms with Gasteiger partial charge in [-0.2, -0.15) is 0 Å². The molecule has 0 fully saturated rings. The average molecular weight is 263 g/mol. The minimum absolute atomic E-state index is 0.542. The van der Waals surface area contributed by atoms with E-state index in [0.29, 0.717) is 0 Å². The molecule has 0 amide bonds. The Bertz CT molecular complexity index is 422. The van der Waals surface area contributed by atoms with Crippen LogP contribution in [0.25, 0.3) is 0 Å². The van der Waals surface area contributed by atoms with E-state index >= 15 is 0 Å². The molecule has 2 aromatic carbocycles. The molecule has 2 rings (SSSR count). The number of hydrogen-bond acceptors (Lipinski definition) is 1. The van der Waals surface area contributed by atoms with Gasteiger partial charge < -0.3 is 5.11 Å². The van der Waals surface area contributed by atoms with Gasteiger partial charge in [-0.25, -0.2) is 0 Å². The van der Waals surface area contributed by atoms with Gasteiger partial charge in [-0.1, -0.05) is 58.4 Å². The Morgan fingerprint density at radius 1 is 0.800 bits per heavy atom. The minimum atomic E-state index is -0.542. The highest BCUT2D eigenvalue weighted by Crippen LogP contribution is 2.22. The topological polar surface area (TPSA) is 20.2 Å². The lowest BCUT2D eigenvalue weighted by Crippen LogP contribution is -1.98. The number of halogens is 1. The SMILES string of the molecule is O[C@H](c1ccccc1)c1ccc(Br)cc1. The quantitative estimate of drug-likeness (QED) is 0.878. The Labute approximate surface area is 97.5 Å². The fraction of sp³-hybridized carbons (Fsp3) is 0.0769. The Morgan fingerprint density at radius 3 is 1.93 bits per heavy atom. The van der Waals surface area contributed by atoms with Gasteiger partial charge in [0, 0.05) is 4.47 Å². The second kappa shape index (κ2) is 4.60. The van der Waals surface area contributed by atoms with Crippen LogP contribution in [0.4, 0.5) is 0 Å². The lowest BCUT2D eigenvalue weighted by atomic mass is 10.0. The van der Waals surface area contributed by atoms with Gasteiger partial charge in [-0.3, -0.25) is 0 Å². The first-order valence-electron chi connectivity index (χ1n) is 4.76. The molecule has 76 valence electrons. The number of rotatable bonds is 2. The summed E-state index contributed by atoms with van der Waals surface area (Å²) >= 11 is 3.37. The van der Waals surface area contributed by atoms with Crippen molar-refractivity contribution >= 4 is 15.9 Å². The van der Waals surface area contributed by atoms with Crippen LogP contribution in [0.5, 0.6) is 0 Å². The van der Waals surface area contributed by atoms with Crippen molar-refractivity contribution in [2.45, 2.75) is 6.10 Å². The maximum atomic E-state index is 10.1. The highest BCUT2D eigenvalue weighted by Gasteiger charge is 2.08. The normalized spacial score (nSPS) is 12.4. The molecule has 0 radical (unpaired) electrons. The second-order valence-corrected chi connectivity index (χ2v) is 4.28. The summed E-state index contributed by atoms with van der Waals surface area (Å²) < 4.78 is 1.02. The smallest absolute Gasteiger partial charge is 0.104 e. The van der Waals surface area contributed by atoms with E-state index in [1.807, 2.05) is 54.6 Å². The molecule has 1 atom stereocenters. The Hall–Kier alpha value is -1.12. The first-order valence-corrected chi connectivity index (χ1v) is 5.55. The van der Waals surface area contributed by atoms with Crippen LogP contribution in [0.1, 0.15) is 17.2 Å². The van der Waals surface area contributed by atoms with Crippen LogP contribution >= 0.6 is 15.9 Å². The minimum Gasteiger partial charge on any atom is -0.384 e. The van der Waals surface area contributed by atoms with E-state index in [2.05, 4.69) is 15.9 Å². The van der Waals surface area contributed by atoms with Crippen molar-refractivity contribution in [1.29, 1.82) is 0 Å². The van der Waals surface area contributed by atoms with Gasteiger partial charge in [0.05, 0.1) is 0 Å². The molecule has 15 heavy (non-hydrogen) atoms. The van der Waals surface area contributed by atoms with Gasteiger partial charge in [-0.15, -0.1) is 0 Å². The first kappa shape index (κ1) is 10.4. The highest BCUT2D eigenvalue weighted by atomic mass is 79.9. The van der Waals surface area contributed by atoms with Gasteiger partial charge in [0.2, 0.25) is 0 Å². The molecule has 0 heterocycles. The van der Waals surface area contributed by atoms with E-state index < -0.39 is 6.10 Å². The Balaban J connectivity index is 2.29. The highest BCUT2D eigenvalue weighted by molar-refractivity contribution is 9.10. The first-order chi connectivity index (χ1) is 7.27. The van der Waals surface area contributed by atoms with Crippen LogP contribution in [0, 0.1) is 0 Å². The van der Waals surface area contributed by atoms with E-state index in [9.17, 15) is 5.11 Å². The van der Waals surface area contributed by atoms with Crippen LogP contribution in [-0.2, 0) is 0 Å². The molecule has 0 aliphatic carbocycles. The standard InChI is InChI=1S/C13H11BrO/c14-12-8-6-11(7-9-12)13(15)10-4-2-1-3-5-10/h1-9,13,15H/t13-/m1/s1. The van der Waals surface area contributed by atoms with E-state index in [0.717, 1.165) is 15.6 Å². The lowest BCUT2D eigenvalue weighted by molar-refractivity contribution is 0.220. The van der Waals surface area contributed by atoms with Crippen molar-refractivity contribution in [2.75, 3.05) is 0 Å². The maximum absolute atomic E-state index is 10.1. The maximum Gasteiger partial charge on any atom is 0.104 e. The van der Waals surface area contributed by atoms with Gasteiger partial charge >= 0.3 is 0 Å². The average Bonchev–Trinajstić information content (AvgIpc) is 2.30. The summed E-state index contributed by atoms with van der Waals surface area (Å²) in [7, 11) is 0. The van der Waals surface area contributed by atoms with Crippen molar-refractivity contribution in [3.8, 4) is 0 Å². The number of hydrogen-bond donors (Lipinski definition) is 1. The molecule has 1 N–H and O–H groups in total. The molecule has 0 aliphatic rings. The zero-order chi connectivity index (χ0) is 10.7. The number of aliphatic hydroxyl groups is 1. The fourth-order valence-electron chi connectivity index (χ4n) is 1.47. The predicted molar refractivity (Wildman–Crippen MR) is 64.6 cm³/mol. The molecule has 0 bridgehead atoms. The van der Waals surface area contributed by atoms with E-state index in [-0.39, 0.29) is 0 Å². The molecule has 0 saturated carbocycles. The summed E-state index contributed by atoms with van der Waals surface area (Å²) in [6, 6.07) is 17.3. The number of aliphatic hydroxyl groups excluding tert-OH is 1. The van der Waals surface area contributed by atoms with E-state index in [1.165, 1.54) is 0 Å². The Kier molecular flexibility index (Phi) is 3.19. The molecular weight excluding hydrogens is 252 g/mol. The van der Waals surface area contributed by atoms with Crippen molar-refractivity contribution in [2.24, 2.45) is 0 Å². The second-order valence-electron chi connectivity index (χ2n) is 3.36. The van der Waals surface area contributed by atoms with E-state index in [1.54, 1.807) is 0 Å². The largest absolute Gasteiger partial charge is 0.384 e. The van der Waals surface area contributed by atoms with Crippen molar-refractivity contribution in [3.63, 3.8) is 0 Å². The van der Waals surface area contributed by atoms with Gasteiger partial charge in [-0.05, 0) is 23.3 Å². The monoisotopic (exact) mass is 262 g/mol. The molecule has 2 heteroatoms. The van der Waals surface area contributed by atoms with Gasteiger partial charge in [0.1, 0.15) is 6.10 Å². The van der Waals surface area contributed by atoms with Crippen LogP contribution in [0.15, 0.2) is 59.1 Å². The molecule has 0 aromatic heterocycles. The molecule has 0 saturated heterocycles. The van der Waals surface area contributed by atoms with Crippen molar-refractivity contribution in [3.05, 3.63) is 70.2 Å². The summed E-state index contributed by atoms with van der Waals surface area (Å²) in [6.07, 6.45) is -0.542. The van der Waals surface area contributed by atoms with Crippen LogP contribution in [0.3, 0.4) is 0 Å². The lowest BCUT2D eigenvalue weighted by Gasteiger charge is -2.11. The summed E-state index contributed by atoms with van der Waals surface area (Å²) in [5.74, 6) is 0.